The quantitative estimate of drug-likeness (QED) is 0.594. The molecule has 1 fully saturated rings. The van der Waals surface area contributed by atoms with Gasteiger partial charge in [-0.05, 0) is 41.9 Å². The molecule has 1 aliphatic heterocycles. The Morgan fingerprint density at radius 3 is 2.53 bits per heavy atom. The highest BCUT2D eigenvalue weighted by molar-refractivity contribution is 6.43. The molecule has 8 heteroatoms. The van der Waals surface area contributed by atoms with E-state index in [2.05, 4.69) is 39.1 Å². The number of anilines is 1. The SMILES string of the molecule is NC(=O)c1nc(N2CCC3(CC2)Cc2ccccc2[C@H]3N)ncc1-c1cccc(Cl)c1Cl. The fourth-order valence-corrected chi connectivity index (χ4v) is 5.48. The molecular formula is C24H23Cl2N5O. The highest BCUT2D eigenvalue weighted by Crippen LogP contribution is 2.50. The Morgan fingerprint density at radius 1 is 1.06 bits per heavy atom. The molecule has 5 rings (SSSR count). The van der Waals surface area contributed by atoms with Crippen molar-refractivity contribution in [1.29, 1.82) is 0 Å². The molecule has 1 amide bonds. The molecule has 0 radical (unpaired) electrons. The van der Waals surface area contributed by atoms with Crippen molar-refractivity contribution in [3.05, 3.63) is 75.5 Å². The summed E-state index contributed by atoms with van der Waals surface area (Å²) in [6.07, 6.45) is 4.46. The van der Waals surface area contributed by atoms with Gasteiger partial charge in [-0.2, -0.15) is 0 Å². The van der Waals surface area contributed by atoms with Crippen molar-refractivity contribution in [3.8, 4) is 11.1 Å². The van der Waals surface area contributed by atoms with Gasteiger partial charge in [-0.3, -0.25) is 4.79 Å². The zero-order valence-corrected chi connectivity index (χ0v) is 18.9. The van der Waals surface area contributed by atoms with Crippen molar-refractivity contribution < 1.29 is 4.79 Å². The predicted molar refractivity (Wildman–Crippen MR) is 127 cm³/mol. The maximum absolute atomic E-state index is 12.2. The summed E-state index contributed by atoms with van der Waals surface area (Å²) in [5.74, 6) is -0.152. The van der Waals surface area contributed by atoms with Crippen LogP contribution in [0, 0.1) is 5.41 Å². The average Bonchev–Trinajstić information content (AvgIpc) is 3.07. The van der Waals surface area contributed by atoms with Crippen molar-refractivity contribution in [3.63, 3.8) is 0 Å². The lowest BCUT2D eigenvalue weighted by Crippen LogP contribution is -2.45. The van der Waals surface area contributed by atoms with Crippen LogP contribution in [0.2, 0.25) is 10.0 Å². The van der Waals surface area contributed by atoms with Gasteiger partial charge >= 0.3 is 0 Å². The number of carbonyl (C=O) groups is 1. The van der Waals surface area contributed by atoms with Crippen molar-refractivity contribution in [2.24, 2.45) is 16.9 Å². The lowest BCUT2D eigenvalue weighted by Gasteiger charge is -2.42. The van der Waals surface area contributed by atoms with E-state index in [1.54, 1.807) is 24.4 Å². The predicted octanol–water partition coefficient (Wildman–Crippen LogP) is 4.39. The van der Waals surface area contributed by atoms with Crippen molar-refractivity contribution in [2.45, 2.75) is 25.3 Å². The Hall–Kier alpha value is -2.67. The second kappa shape index (κ2) is 8.03. The van der Waals surface area contributed by atoms with Crippen LogP contribution in [0.4, 0.5) is 5.95 Å². The topological polar surface area (TPSA) is 98.1 Å². The Kier molecular flexibility index (Phi) is 5.32. The van der Waals surface area contributed by atoms with Gasteiger partial charge in [-0.15, -0.1) is 0 Å². The third kappa shape index (κ3) is 3.43. The first-order valence-corrected chi connectivity index (χ1v) is 11.3. The zero-order chi connectivity index (χ0) is 22.5. The van der Waals surface area contributed by atoms with E-state index < -0.39 is 5.91 Å². The van der Waals surface area contributed by atoms with Crippen molar-refractivity contribution in [1.82, 2.24) is 9.97 Å². The highest BCUT2D eigenvalue weighted by Gasteiger charge is 2.46. The minimum absolute atomic E-state index is 0.0373. The number of primary amides is 1. The molecule has 1 atom stereocenters. The standard InChI is InChI=1S/C24H23Cl2N5O/c25-18-7-3-6-16(19(18)26)17-13-29-23(30-20(17)22(28)32)31-10-8-24(9-11-31)12-14-4-1-2-5-15(14)21(24)27/h1-7,13,21H,8-12,27H2,(H2,28,32)/t21-/m1/s1. The van der Waals surface area contributed by atoms with Gasteiger partial charge in [0.2, 0.25) is 5.95 Å². The van der Waals surface area contributed by atoms with Crippen LogP contribution in [-0.4, -0.2) is 29.0 Å². The van der Waals surface area contributed by atoms with Gasteiger partial charge in [0, 0.05) is 36.5 Å². The van der Waals surface area contributed by atoms with Gasteiger partial charge in [0.25, 0.3) is 5.91 Å². The van der Waals surface area contributed by atoms with Crippen LogP contribution in [0.1, 0.15) is 40.5 Å². The van der Waals surface area contributed by atoms with Gasteiger partial charge in [0.1, 0.15) is 5.69 Å². The number of fused-ring (bicyclic) bond motifs is 1. The lowest BCUT2D eigenvalue weighted by atomic mass is 9.73. The number of nitrogens with two attached hydrogens (primary N) is 2. The van der Waals surface area contributed by atoms with Crippen LogP contribution >= 0.6 is 23.2 Å². The van der Waals surface area contributed by atoms with Crippen LogP contribution in [-0.2, 0) is 6.42 Å². The van der Waals surface area contributed by atoms with Crippen molar-refractivity contribution >= 4 is 35.1 Å². The van der Waals surface area contributed by atoms with Gasteiger partial charge in [0.05, 0.1) is 10.0 Å². The van der Waals surface area contributed by atoms with E-state index in [4.69, 9.17) is 34.7 Å². The second-order valence-corrected chi connectivity index (χ2v) is 9.39. The van der Waals surface area contributed by atoms with Gasteiger partial charge in [-0.1, -0.05) is 59.6 Å². The molecule has 1 aromatic heterocycles. The molecule has 1 spiro atoms. The summed E-state index contributed by atoms with van der Waals surface area (Å²) >= 11 is 12.5. The molecule has 0 bridgehead atoms. The molecular weight excluding hydrogens is 445 g/mol. The molecule has 2 heterocycles. The van der Waals surface area contributed by atoms with Crippen LogP contribution in [0.15, 0.2) is 48.7 Å². The van der Waals surface area contributed by atoms with Crippen molar-refractivity contribution in [2.75, 3.05) is 18.0 Å². The summed E-state index contributed by atoms with van der Waals surface area (Å²) < 4.78 is 0. The Balaban J connectivity index is 1.41. The number of rotatable bonds is 3. The summed E-state index contributed by atoms with van der Waals surface area (Å²) in [6, 6.07) is 13.7. The molecule has 0 saturated carbocycles. The first-order valence-electron chi connectivity index (χ1n) is 10.6. The van der Waals surface area contributed by atoms with Gasteiger partial charge < -0.3 is 16.4 Å². The fraction of sp³-hybridized carbons (Fsp3) is 0.292. The first kappa shape index (κ1) is 21.2. The van der Waals surface area contributed by atoms with E-state index in [0.29, 0.717) is 27.1 Å². The number of hydrogen-bond acceptors (Lipinski definition) is 5. The molecule has 2 aliphatic rings. The highest BCUT2D eigenvalue weighted by atomic mass is 35.5. The van der Waals surface area contributed by atoms with E-state index in [1.165, 1.54) is 11.1 Å². The number of piperidine rings is 1. The first-order chi connectivity index (χ1) is 15.4. The molecule has 2 aromatic carbocycles. The number of amides is 1. The molecule has 32 heavy (non-hydrogen) atoms. The number of aromatic nitrogens is 2. The molecule has 6 nitrogen and oxygen atoms in total. The summed E-state index contributed by atoms with van der Waals surface area (Å²) in [7, 11) is 0. The molecule has 3 aromatic rings. The normalized spacial score (nSPS) is 19.2. The number of benzene rings is 2. The summed E-state index contributed by atoms with van der Waals surface area (Å²) in [6.45, 7) is 1.52. The number of carbonyl (C=O) groups excluding carboxylic acids is 1. The summed E-state index contributed by atoms with van der Waals surface area (Å²) in [4.78, 5) is 23.4. The maximum atomic E-state index is 12.2. The second-order valence-electron chi connectivity index (χ2n) is 8.60. The minimum Gasteiger partial charge on any atom is -0.364 e. The number of hydrogen-bond donors (Lipinski definition) is 2. The fourth-order valence-electron chi connectivity index (χ4n) is 5.08. The lowest BCUT2D eigenvalue weighted by molar-refractivity contribution is 0.0996. The Morgan fingerprint density at radius 2 is 1.81 bits per heavy atom. The van der Waals surface area contributed by atoms with Gasteiger partial charge in [-0.25, -0.2) is 9.97 Å². The zero-order valence-electron chi connectivity index (χ0n) is 17.4. The van der Waals surface area contributed by atoms with E-state index in [0.717, 1.165) is 32.4 Å². The molecule has 0 unspecified atom stereocenters. The Bertz CT molecular complexity index is 1210. The molecule has 1 saturated heterocycles. The third-order valence-electron chi connectivity index (χ3n) is 6.89. The number of nitrogens with zero attached hydrogens (tertiary/aromatic N) is 3. The number of halogens is 2. The molecule has 164 valence electrons. The molecule has 4 N–H and O–H groups in total. The summed E-state index contributed by atoms with van der Waals surface area (Å²) in [5.41, 5.74) is 16.2. The maximum Gasteiger partial charge on any atom is 0.268 e. The van der Waals surface area contributed by atoms with Crippen LogP contribution in [0.3, 0.4) is 0 Å². The summed E-state index contributed by atoms with van der Waals surface area (Å²) in [5, 5.41) is 0.724. The van der Waals surface area contributed by atoms with E-state index in [1.807, 2.05) is 0 Å². The smallest absolute Gasteiger partial charge is 0.268 e. The molecule has 1 aliphatic carbocycles. The largest absolute Gasteiger partial charge is 0.364 e. The minimum atomic E-state index is -0.638. The van der Waals surface area contributed by atoms with E-state index in [-0.39, 0.29) is 17.2 Å². The van der Waals surface area contributed by atoms with Gasteiger partial charge in [0.15, 0.2) is 0 Å². The van der Waals surface area contributed by atoms with E-state index >= 15 is 0 Å². The third-order valence-corrected chi connectivity index (χ3v) is 7.70. The van der Waals surface area contributed by atoms with Crippen LogP contribution < -0.4 is 16.4 Å². The monoisotopic (exact) mass is 467 g/mol. The van der Waals surface area contributed by atoms with Crippen LogP contribution in [0.5, 0.6) is 0 Å². The Labute approximate surface area is 196 Å². The van der Waals surface area contributed by atoms with E-state index in [9.17, 15) is 4.79 Å². The van der Waals surface area contributed by atoms with Crippen LogP contribution in [0.25, 0.3) is 11.1 Å². The average molecular weight is 468 g/mol.